The molecule has 0 saturated heterocycles. The summed E-state index contributed by atoms with van der Waals surface area (Å²) in [6.07, 6.45) is 0. The first-order chi connectivity index (χ1) is 7.90. The van der Waals surface area contributed by atoms with Crippen LogP contribution < -0.4 is 0 Å². The fourth-order valence-electron chi connectivity index (χ4n) is 1.20. The Kier molecular flexibility index (Phi) is 4.84. The summed E-state index contributed by atoms with van der Waals surface area (Å²) in [7, 11) is 0. The molecule has 0 atom stereocenters. The van der Waals surface area contributed by atoms with Gasteiger partial charge in [0.25, 0.3) is 0 Å². The first kappa shape index (κ1) is 12.1. The van der Waals surface area contributed by atoms with Gasteiger partial charge in [0.1, 0.15) is 0 Å². The van der Waals surface area contributed by atoms with E-state index in [1.165, 1.54) is 5.56 Å². The maximum atomic E-state index is 5.29. The van der Waals surface area contributed by atoms with Crippen molar-refractivity contribution in [3.8, 4) is 11.3 Å². The topological polar surface area (TPSA) is 22.1 Å². The minimum absolute atomic E-state index is 0.790. The molecular formula is C11H13NOS3. The van der Waals surface area contributed by atoms with Crippen LogP contribution in [0, 0.1) is 0 Å². The lowest BCUT2D eigenvalue weighted by Crippen LogP contribution is -1.95. The smallest absolute Gasteiger partial charge is 0.150 e. The largest absolute Gasteiger partial charge is 0.381 e. The van der Waals surface area contributed by atoms with E-state index in [2.05, 4.69) is 27.2 Å². The summed E-state index contributed by atoms with van der Waals surface area (Å²) >= 11 is 5.18. The summed E-state index contributed by atoms with van der Waals surface area (Å²) < 4.78 is 6.42. The fourth-order valence-corrected chi connectivity index (χ4v) is 3.61. The number of hydrogen-bond acceptors (Lipinski definition) is 5. The molecule has 2 aromatic rings. The molecule has 0 fully saturated rings. The Hall–Kier alpha value is -0.360. The van der Waals surface area contributed by atoms with Crippen LogP contribution in [0.1, 0.15) is 6.92 Å². The summed E-state index contributed by atoms with van der Waals surface area (Å²) in [6, 6.07) is 2.11. The molecular weight excluding hydrogens is 258 g/mol. The highest BCUT2D eigenvalue weighted by Gasteiger charge is 2.04. The van der Waals surface area contributed by atoms with Crippen LogP contribution in [0.5, 0.6) is 0 Å². The molecule has 2 rings (SSSR count). The third kappa shape index (κ3) is 3.31. The van der Waals surface area contributed by atoms with Crippen molar-refractivity contribution in [3.05, 3.63) is 22.2 Å². The number of thiophene rings is 1. The van der Waals surface area contributed by atoms with Crippen molar-refractivity contribution in [1.82, 2.24) is 4.98 Å². The molecule has 0 amide bonds. The molecule has 16 heavy (non-hydrogen) atoms. The van der Waals surface area contributed by atoms with Gasteiger partial charge >= 0.3 is 0 Å². The van der Waals surface area contributed by atoms with Crippen molar-refractivity contribution in [2.75, 3.05) is 19.0 Å². The van der Waals surface area contributed by atoms with Crippen molar-refractivity contribution in [1.29, 1.82) is 0 Å². The number of hydrogen-bond donors (Lipinski definition) is 0. The van der Waals surface area contributed by atoms with Crippen LogP contribution in [0.2, 0.25) is 0 Å². The van der Waals surface area contributed by atoms with Crippen LogP contribution in [0.15, 0.2) is 26.5 Å². The van der Waals surface area contributed by atoms with Gasteiger partial charge in [-0.15, -0.1) is 11.3 Å². The van der Waals surface area contributed by atoms with Gasteiger partial charge in [-0.25, -0.2) is 4.98 Å². The van der Waals surface area contributed by atoms with Crippen LogP contribution in [0.25, 0.3) is 11.3 Å². The Labute approximate surface area is 108 Å². The van der Waals surface area contributed by atoms with Crippen molar-refractivity contribution in [3.63, 3.8) is 0 Å². The molecule has 2 nitrogen and oxygen atoms in total. The molecule has 0 saturated carbocycles. The molecule has 0 aromatic carbocycles. The molecule has 0 radical (unpaired) electrons. The second kappa shape index (κ2) is 6.39. The normalized spacial score (nSPS) is 10.8. The third-order valence-electron chi connectivity index (χ3n) is 1.96. The maximum absolute atomic E-state index is 5.29. The standard InChI is InChI=1S/C11H13NOS3/c1-2-13-4-6-15-11-12-10(8-16-11)9-3-5-14-7-9/h3,5,7-8H,2,4,6H2,1H3. The van der Waals surface area contributed by atoms with Crippen LogP contribution >= 0.6 is 34.4 Å². The van der Waals surface area contributed by atoms with Gasteiger partial charge in [0.05, 0.1) is 12.3 Å². The highest BCUT2D eigenvalue weighted by Crippen LogP contribution is 2.29. The average Bonchev–Trinajstić information content (AvgIpc) is 2.94. The molecule has 0 aliphatic carbocycles. The molecule has 0 N–H and O–H groups in total. The fraction of sp³-hybridized carbons (Fsp3) is 0.364. The predicted molar refractivity (Wildman–Crippen MR) is 72.6 cm³/mol. The number of rotatable bonds is 6. The SMILES string of the molecule is CCOCCSc1nc(-c2ccsc2)cs1. The monoisotopic (exact) mass is 271 g/mol. The van der Waals surface area contributed by atoms with Gasteiger partial charge < -0.3 is 4.74 Å². The summed E-state index contributed by atoms with van der Waals surface area (Å²) in [5.74, 6) is 0.977. The Bertz CT molecular complexity index is 411. The van der Waals surface area contributed by atoms with Crippen molar-refractivity contribution >= 4 is 34.4 Å². The van der Waals surface area contributed by atoms with E-state index < -0.39 is 0 Å². The Morgan fingerprint density at radius 2 is 2.38 bits per heavy atom. The first-order valence-electron chi connectivity index (χ1n) is 5.09. The quantitative estimate of drug-likeness (QED) is 0.585. The maximum Gasteiger partial charge on any atom is 0.150 e. The van der Waals surface area contributed by atoms with Gasteiger partial charge in [-0.05, 0) is 18.4 Å². The average molecular weight is 271 g/mol. The summed E-state index contributed by atoms with van der Waals surface area (Å²) in [4.78, 5) is 4.58. The third-order valence-corrected chi connectivity index (χ3v) is 4.63. The molecule has 0 aliphatic rings. The zero-order valence-corrected chi connectivity index (χ0v) is 11.5. The number of ether oxygens (including phenoxy) is 1. The molecule has 0 unspecified atom stereocenters. The van der Waals surface area contributed by atoms with Crippen molar-refractivity contribution in [2.24, 2.45) is 0 Å². The van der Waals surface area contributed by atoms with E-state index in [9.17, 15) is 0 Å². The molecule has 0 spiro atoms. The van der Waals surface area contributed by atoms with Gasteiger partial charge in [-0.3, -0.25) is 0 Å². The highest BCUT2D eigenvalue weighted by molar-refractivity contribution is 8.01. The van der Waals surface area contributed by atoms with E-state index in [0.717, 1.165) is 29.0 Å². The van der Waals surface area contributed by atoms with Crippen LogP contribution in [0.3, 0.4) is 0 Å². The lowest BCUT2D eigenvalue weighted by Gasteiger charge is -1.97. The molecule has 2 heterocycles. The Balaban J connectivity index is 1.88. The van der Waals surface area contributed by atoms with Crippen molar-refractivity contribution < 1.29 is 4.74 Å². The van der Waals surface area contributed by atoms with Gasteiger partial charge in [0, 0.05) is 28.7 Å². The Morgan fingerprint density at radius 3 is 3.12 bits per heavy atom. The molecule has 0 bridgehead atoms. The van der Waals surface area contributed by atoms with Gasteiger partial charge in [-0.2, -0.15) is 11.3 Å². The molecule has 86 valence electrons. The highest BCUT2D eigenvalue weighted by atomic mass is 32.2. The van der Waals surface area contributed by atoms with Crippen LogP contribution in [0.4, 0.5) is 0 Å². The van der Waals surface area contributed by atoms with Gasteiger partial charge in [0.15, 0.2) is 4.34 Å². The number of thiazole rings is 1. The molecule has 5 heteroatoms. The second-order valence-electron chi connectivity index (χ2n) is 3.06. The zero-order chi connectivity index (χ0) is 11.2. The van der Waals surface area contributed by atoms with Gasteiger partial charge in [-0.1, -0.05) is 11.8 Å². The zero-order valence-electron chi connectivity index (χ0n) is 9.01. The van der Waals surface area contributed by atoms with Crippen molar-refractivity contribution in [2.45, 2.75) is 11.3 Å². The second-order valence-corrected chi connectivity index (χ2v) is 6.04. The lowest BCUT2D eigenvalue weighted by atomic mass is 10.3. The number of aromatic nitrogens is 1. The number of nitrogens with zero attached hydrogens (tertiary/aromatic N) is 1. The van der Waals surface area contributed by atoms with Crippen LogP contribution in [-0.4, -0.2) is 24.0 Å². The van der Waals surface area contributed by atoms with Gasteiger partial charge in [0.2, 0.25) is 0 Å². The van der Waals surface area contributed by atoms with E-state index in [1.807, 2.05) is 6.92 Å². The minimum Gasteiger partial charge on any atom is -0.381 e. The van der Waals surface area contributed by atoms with Crippen LogP contribution in [-0.2, 0) is 4.74 Å². The van der Waals surface area contributed by atoms with E-state index in [4.69, 9.17) is 4.74 Å². The summed E-state index contributed by atoms with van der Waals surface area (Å²) in [6.45, 7) is 3.61. The number of thioether (sulfide) groups is 1. The Morgan fingerprint density at radius 1 is 1.44 bits per heavy atom. The van der Waals surface area contributed by atoms with E-state index >= 15 is 0 Å². The first-order valence-corrected chi connectivity index (χ1v) is 7.89. The van der Waals surface area contributed by atoms with E-state index in [0.29, 0.717) is 0 Å². The van der Waals surface area contributed by atoms with E-state index in [1.54, 1.807) is 34.4 Å². The van der Waals surface area contributed by atoms with E-state index in [-0.39, 0.29) is 0 Å². The predicted octanol–water partition coefficient (Wildman–Crippen LogP) is 4.00. The molecule has 2 aromatic heterocycles. The summed E-state index contributed by atoms with van der Waals surface area (Å²) in [5, 5.41) is 6.32. The lowest BCUT2D eigenvalue weighted by molar-refractivity contribution is 0.164. The molecule has 0 aliphatic heterocycles. The summed E-state index contributed by atoms with van der Waals surface area (Å²) in [5.41, 5.74) is 2.31. The minimum atomic E-state index is 0.790.